The summed E-state index contributed by atoms with van der Waals surface area (Å²) in [7, 11) is -3.12. The van der Waals surface area contributed by atoms with Crippen molar-refractivity contribution in [2.75, 3.05) is 39.5 Å². The van der Waals surface area contributed by atoms with Gasteiger partial charge < -0.3 is 0 Å². The molecule has 6 heteroatoms. The molecule has 5 nitrogen and oxygen atoms in total. The third-order valence-electron chi connectivity index (χ3n) is 2.47. The van der Waals surface area contributed by atoms with Crippen LogP contribution in [0.5, 0.6) is 0 Å². The summed E-state index contributed by atoms with van der Waals surface area (Å²) in [6.45, 7) is 4.26. The van der Waals surface area contributed by atoms with Gasteiger partial charge in [-0.2, -0.15) is 0 Å². The Morgan fingerprint density at radius 1 is 0.750 bits per heavy atom. The van der Waals surface area contributed by atoms with Gasteiger partial charge in [0.15, 0.2) is 0 Å². The van der Waals surface area contributed by atoms with E-state index >= 15 is 0 Å². The molecule has 3 saturated heterocycles. The molecule has 3 heterocycles. The molecule has 0 amide bonds. The maximum atomic E-state index is 5.60. The Morgan fingerprint density at radius 2 is 1.25 bits per heavy atom. The van der Waals surface area contributed by atoms with Crippen LogP contribution >= 0.6 is 7.66 Å². The Balaban J connectivity index is 2.04. The Bertz CT molecular complexity index is 192. The molecule has 3 aliphatic heterocycles. The quantitative estimate of drug-likeness (QED) is 0.524. The third-order valence-corrected chi connectivity index (χ3v) is 6.25. The van der Waals surface area contributed by atoms with Crippen molar-refractivity contribution >= 4 is 7.66 Å². The van der Waals surface area contributed by atoms with Gasteiger partial charge in [-0.05, 0) is 0 Å². The van der Waals surface area contributed by atoms with Crippen molar-refractivity contribution in [1.82, 2.24) is 4.67 Å². The summed E-state index contributed by atoms with van der Waals surface area (Å²) >= 11 is 0. The molecule has 0 N–H and O–H groups in total. The summed E-state index contributed by atoms with van der Waals surface area (Å²) in [6, 6.07) is 0. The predicted octanol–water partition coefficient (Wildman–Crippen LogP) is 0.524. The monoisotopic (exact) mass is 193 g/mol. The van der Waals surface area contributed by atoms with E-state index in [1.165, 1.54) is 0 Å². The van der Waals surface area contributed by atoms with E-state index in [1.54, 1.807) is 0 Å². The van der Waals surface area contributed by atoms with Crippen molar-refractivity contribution in [2.45, 2.75) is 0 Å². The fraction of sp³-hybridized carbons (Fsp3) is 1.00. The first kappa shape index (κ1) is 7.62. The van der Waals surface area contributed by atoms with E-state index in [0.29, 0.717) is 26.4 Å². The maximum absolute atomic E-state index is 5.60. The first-order chi connectivity index (χ1) is 5.84. The molecule has 3 rings (SSSR count). The zero-order chi connectivity index (χ0) is 8.10. The predicted molar refractivity (Wildman–Crippen MR) is 42.3 cm³/mol. The molecular weight excluding hydrogens is 181 g/mol. The van der Waals surface area contributed by atoms with Gasteiger partial charge in [-0.3, -0.25) is 0 Å². The van der Waals surface area contributed by atoms with Crippen molar-refractivity contribution in [2.24, 2.45) is 0 Å². The van der Waals surface area contributed by atoms with E-state index < -0.39 is 7.66 Å². The molecule has 12 heavy (non-hydrogen) atoms. The molecule has 0 bridgehead atoms. The fourth-order valence-electron chi connectivity index (χ4n) is 1.97. The molecule has 0 radical (unpaired) electrons. The van der Waals surface area contributed by atoms with Crippen LogP contribution in [-0.4, -0.2) is 44.2 Å². The first-order valence-corrected chi connectivity index (χ1v) is 6.08. The molecule has 0 atom stereocenters. The molecule has 0 aromatic heterocycles. The van der Waals surface area contributed by atoms with Crippen molar-refractivity contribution in [3.8, 4) is 0 Å². The van der Waals surface area contributed by atoms with E-state index in [1.807, 2.05) is 0 Å². The average molecular weight is 193 g/mol. The van der Waals surface area contributed by atoms with Crippen LogP contribution in [0.1, 0.15) is 0 Å². The van der Waals surface area contributed by atoms with Gasteiger partial charge >= 0.3 is 69.9 Å². The minimum absolute atomic E-state index is 0.592. The van der Waals surface area contributed by atoms with E-state index in [0.717, 1.165) is 13.1 Å². The Morgan fingerprint density at radius 3 is 1.83 bits per heavy atom. The van der Waals surface area contributed by atoms with Gasteiger partial charge in [0.1, 0.15) is 0 Å². The van der Waals surface area contributed by atoms with E-state index in [-0.39, 0.29) is 0 Å². The van der Waals surface area contributed by atoms with E-state index in [2.05, 4.69) is 4.67 Å². The number of hydrogen-bond acceptors (Lipinski definition) is 5. The Hall–Kier alpha value is 0.230. The summed E-state index contributed by atoms with van der Waals surface area (Å²) in [5.41, 5.74) is 0. The molecule has 0 unspecified atom stereocenters. The molecule has 70 valence electrons. The summed E-state index contributed by atoms with van der Waals surface area (Å²) in [6.07, 6.45) is 0. The van der Waals surface area contributed by atoms with Crippen molar-refractivity contribution < 1.29 is 18.1 Å². The summed E-state index contributed by atoms with van der Waals surface area (Å²) in [5.74, 6) is 0. The van der Waals surface area contributed by atoms with Gasteiger partial charge in [-0.1, -0.05) is 0 Å². The standard InChI is InChI=1S/C6H12NO4P/c1-3-8-12(10-5-6-11-12)7(1)2-4-9-12/h1-6H2. The molecule has 1 spiro atoms. The van der Waals surface area contributed by atoms with Crippen molar-refractivity contribution in [3.63, 3.8) is 0 Å². The van der Waals surface area contributed by atoms with Crippen LogP contribution in [0.15, 0.2) is 0 Å². The molecular formula is C6H12NO4P. The topological polar surface area (TPSA) is 40.2 Å². The van der Waals surface area contributed by atoms with Crippen molar-refractivity contribution in [3.05, 3.63) is 0 Å². The van der Waals surface area contributed by atoms with Crippen LogP contribution in [0.3, 0.4) is 0 Å². The van der Waals surface area contributed by atoms with Crippen molar-refractivity contribution in [1.29, 1.82) is 0 Å². The second kappa shape index (κ2) is 2.18. The molecule has 3 aliphatic rings. The van der Waals surface area contributed by atoms with E-state index in [4.69, 9.17) is 18.1 Å². The van der Waals surface area contributed by atoms with Crippen LogP contribution in [0, 0.1) is 0 Å². The van der Waals surface area contributed by atoms with Gasteiger partial charge in [0, 0.05) is 0 Å². The molecule has 0 aromatic carbocycles. The summed E-state index contributed by atoms with van der Waals surface area (Å²) in [4.78, 5) is 0. The average Bonchev–Trinajstić information content (AvgIpc) is 2.67. The van der Waals surface area contributed by atoms with Gasteiger partial charge in [-0.15, -0.1) is 0 Å². The van der Waals surface area contributed by atoms with Crippen LogP contribution < -0.4 is 0 Å². The van der Waals surface area contributed by atoms with Crippen LogP contribution in [0.25, 0.3) is 0 Å². The molecule has 3 fully saturated rings. The second-order valence-electron chi connectivity index (χ2n) is 3.06. The van der Waals surface area contributed by atoms with Gasteiger partial charge in [0.05, 0.1) is 0 Å². The van der Waals surface area contributed by atoms with Gasteiger partial charge in [0.2, 0.25) is 0 Å². The van der Waals surface area contributed by atoms with E-state index in [9.17, 15) is 0 Å². The fourth-order valence-corrected chi connectivity index (χ4v) is 5.42. The van der Waals surface area contributed by atoms with Gasteiger partial charge in [0.25, 0.3) is 0 Å². The number of nitrogens with zero attached hydrogens (tertiary/aromatic N) is 1. The molecule has 0 aromatic rings. The van der Waals surface area contributed by atoms with Crippen LogP contribution in [-0.2, 0) is 18.1 Å². The molecule has 0 saturated carbocycles. The summed E-state index contributed by atoms with van der Waals surface area (Å²) in [5, 5.41) is 0. The SMILES string of the molecule is C1COP23(O1)OCCN2CCO3. The van der Waals surface area contributed by atoms with Gasteiger partial charge in [-0.25, -0.2) is 0 Å². The zero-order valence-corrected chi connectivity index (χ0v) is 7.66. The second-order valence-corrected chi connectivity index (χ2v) is 6.21. The number of hydrogen-bond donors (Lipinski definition) is 0. The summed E-state index contributed by atoms with van der Waals surface area (Å²) < 4.78 is 24.5. The minimum atomic E-state index is -3.12. The Labute approximate surface area is 70.8 Å². The Kier molecular flexibility index (Phi) is 1.38. The molecule has 0 aliphatic carbocycles. The normalized spacial score (nSPS) is 41.2. The third kappa shape index (κ3) is 0.702. The zero-order valence-electron chi connectivity index (χ0n) is 6.77. The number of rotatable bonds is 0. The van der Waals surface area contributed by atoms with Crippen LogP contribution in [0.4, 0.5) is 0 Å². The van der Waals surface area contributed by atoms with Crippen LogP contribution in [0.2, 0.25) is 0 Å². The first-order valence-electron chi connectivity index (χ1n) is 4.22.